The molecule has 2 rings (SSSR count). The molecule has 0 amide bonds. The first-order valence-corrected chi connectivity index (χ1v) is 6.49. The smallest absolute Gasteiger partial charge is 0.167 e. The Kier molecular flexibility index (Phi) is 3.56. The molecule has 0 bridgehead atoms. The summed E-state index contributed by atoms with van der Waals surface area (Å²) < 4.78 is 1.83. The number of aromatic nitrogens is 2. The lowest BCUT2D eigenvalue weighted by Crippen LogP contribution is -2.07. The maximum atomic E-state index is 12.4. The fraction of sp³-hybridized carbons (Fsp3) is 0.375. The van der Waals surface area contributed by atoms with E-state index in [4.69, 9.17) is 0 Å². The first-order chi connectivity index (χ1) is 8.90. The number of carbonyl (C=O) groups excluding carboxylic acids is 1. The van der Waals surface area contributed by atoms with E-state index in [0.717, 1.165) is 28.1 Å². The fourth-order valence-electron chi connectivity index (χ4n) is 2.46. The quantitative estimate of drug-likeness (QED) is 0.791. The fourth-order valence-corrected chi connectivity index (χ4v) is 2.46. The van der Waals surface area contributed by atoms with E-state index in [9.17, 15) is 4.79 Å². The largest absolute Gasteiger partial charge is 0.294 e. The molecule has 100 valence electrons. The molecule has 1 aromatic heterocycles. The number of Topliss-reactive ketones (excluding diaryl/α,β-unsaturated/α-hetero) is 1. The summed E-state index contributed by atoms with van der Waals surface area (Å²) in [7, 11) is 1.91. The van der Waals surface area contributed by atoms with Gasteiger partial charge < -0.3 is 0 Å². The molecule has 0 fully saturated rings. The first kappa shape index (κ1) is 13.5. The molecule has 3 heteroatoms. The third kappa shape index (κ3) is 2.60. The Hall–Kier alpha value is -1.90. The molecule has 19 heavy (non-hydrogen) atoms. The van der Waals surface area contributed by atoms with Crippen LogP contribution in [-0.4, -0.2) is 15.6 Å². The minimum atomic E-state index is 0.164. The monoisotopic (exact) mass is 256 g/mol. The minimum Gasteiger partial charge on any atom is -0.294 e. The lowest BCUT2D eigenvalue weighted by Gasteiger charge is -2.06. The molecule has 0 saturated carbocycles. The van der Waals surface area contributed by atoms with Crippen LogP contribution in [0.2, 0.25) is 0 Å². The van der Waals surface area contributed by atoms with Gasteiger partial charge in [0, 0.05) is 30.3 Å². The van der Waals surface area contributed by atoms with Gasteiger partial charge in [-0.1, -0.05) is 23.8 Å². The minimum absolute atomic E-state index is 0.164. The van der Waals surface area contributed by atoms with Gasteiger partial charge in [-0.15, -0.1) is 0 Å². The van der Waals surface area contributed by atoms with Crippen LogP contribution in [0.15, 0.2) is 18.2 Å². The molecule has 0 aliphatic rings. The number of hydrogen-bond donors (Lipinski definition) is 0. The predicted octanol–water partition coefficient (Wildman–Crippen LogP) is 3.08. The molecule has 0 aliphatic heterocycles. The average molecular weight is 256 g/mol. The molecule has 0 atom stereocenters. The molecule has 3 nitrogen and oxygen atoms in total. The summed E-state index contributed by atoms with van der Waals surface area (Å²) in [5.41, 5.74) is 6.10. The van der Waals surface area contributed by atoms with Crippen molar-refractivity contribution < 1.29 is 4.79 Å². The van der Waals surface area contributed by atoms with Crippen LogP contribution in [-0.2, 0) is 13.5 Å². The standard InChI is InChI=1S/C16H20N2O/c1-10-6-7-14(11(2)8-10)16(19)9-15-12(3)17-18(5)13(15)4/h6-8H,9H2,1-5H3. The zero-order valence-electron chi connectivity index (χ0n) is 12.2. The van der Waals surface area contributed by atoms with Gasteiger partial charge >= 0.3 is 0 Å². The molecular weight excluding hydrogens is 236 g/mol. The van der Waals surface area contributed by atoms with Crippen LogP contribution in [0.5, 0.6) is 0 Å². The molecule has 0 spiro atoms. The van der Waals surface area contributed by atoms with Crippen molar-refractivity contribution in [1.82, 2.24) is 9.78 Å². The highest BCUT2D eigenvalue weighted by Crippen LogP contribution is 2.18. The summed E-state index contributed by atoms with van der Waals surface area (Å²) in [6, 6.07) is 5.97. The van der Waals surface area contributed by atoms with Crippen molar-refractivity contribution in [2.24, 2.45) is 7.05 Å². The lowest BCUT2D eigenvalue weighted by molar-refractivity contribution is 0.0992. The van der Waals surface area contributed by atoms with Crippen molar-refractivity contribution in [2.75, 3.05) is 0 Å². The van der Waals surface area contributed by atoms with E-state index in [0.29, 0.717) is 6.42 Å². The van der Waals surface area contributed by atoms with Crippen LogP contribution < -0.4 is 0 Å². The summed E-state index contributed by atoms with van der Waals surface area (Å²) >= 11 is 0. The highest BCUT2D eigenvalue weighted by Gasteiger charge is 2.16. The van der Waals surface area contributed by atoms with Gasteiger partial charge in [-0.2, -0.15) is 5.10 Å². The number of nitrogens with zero attached hydrogens (tertiary/aromatic N) is 2. The molecule has 2 aromatic rings. The van der Waals surface area contributed by atoms with Crippen molar-refractivity contribution in [2.45, 2.75) is 34.1 Å². The summed E-state index contributed by atoms with van der Waals surface area (Å²) in [6.45, 7) is 7.99. The summed E-state index contributed by atoms with van der Waals surface area (Å²) in [5.74, 6) is 0.164. The third-order valence-corrected chi connectivity index (χ3v) is 3.68. The van der Waals surface area contributed by atoms with Gasteiger partial charge in [0.1, 0.15) is 0 Å². The molecule has 0 saturated heterocycles. The van der Waals surface area contributed by atoms with Crippen molar-refractivity contribution in [3.05, 3.63) is 51.8 Å². The second kappa shape index (κ2) is 5.00. The van der Waals surface area contributed by atoms with Crippen LogP contribution in [0.3, 0.4) is 0 Å². The van der Waals surface area contributed by atoms with E-state index in [1.807, 2.05) is 51.6 Å². The Balaban J connectivity index is 2.31. The van der Waals surface area contributed by atoms with E-state index in [2.05, 4.69) is 11.2 Å². The molecule has 0 radical (unpaired) electrons. The van der Waals surface area contributed by atoms with Crippen LogP contribution >= 0.6 is 0 Å². The molecule has 0 unspecified atom stereocenters. The molecule has 0 aliphatic carbocycles. The molecule has 1 aromatic carbocycles. The van der Waals surface area contributed by atoms with Crippen LogP contribution in [0.1, 0.15) is 38.4 Å². The van der Waals surface area contributed by atoms with E-state index in [-0.39, 0.29) is 5.78 Å². The van der Waals surface area contributed by atoms with E-state index < -0.39 is 0 Å². The predicted molar refractivity (Wildman–Crippen MR) is 76.6 cm³/mol. The molecular formula is C16H20N2O. The zero-order chi connectivity index (χ0) is 14.2. The number of rotatable bonds is 3. The number of ketones is 1. The summed E-state index contributed by atoms with van der Waals surface area (Å²) in [6.07, 6.45) is 0.426. The van der Waals surface area contributed by atoms with Crippen molar-refractivity contribution in [1.29, 1.82) is 0 Å². The number of hydrogen-bond acceptors (Lipinski definition) is 2. The molecule has 1 heterocycles. The van der Waals surface area contributed by atoms with Crippen molar-refractivity contribution in [3.63, 3.8) is 0 Å². The summed E-state index contributed by atoms with van der Waals surface area (Å²) in [4.78, 5) is 12.4. The molecule has 0 N–H and O–H groups in total. The lowest BCUT2D eigenvalue weighted by atomic mass is 9.97. The SMILES string of the molecule is Cc1ccc(C(=O)Cc2c(C)nn(C)c2C)c(C)c1. The van der Waals surface area contributed by atoms with Gasteiger partial charge in [-0.3, -0.25) is 9.48 Å². The normalized spacial score (nSPS) is 10.8. The zero-order valence-corrected chi connectivity index (χ0v) is 12.2. The highest BCUT2D eigenvalue weighted by atomic mass is 16.1. The maximum absolute atomic E-state index is 12.4. The highest BCUT2D eigenvalue weighted by molar-refractivity contribution is 5.99. The Morgan fingerprint density at radius 2 is 1.89 bits per heavy atom. The number of carbonyl (C=O) groups is 1. The topological polar surface area (TPSA) is 34.9 Å². The Labute approximate surface area is 114 Å². The number of benzene rings is 1. The van der Waals surface area contributed by atoms with Crippen molar-refractivity contribution >= 4 is 5.78 Å². The van der Waals surface area contributed by atoms with Gasteiger partial charge in [-0.25, -0.2) is 0 Å². The average Bonchev–Trinajstić information content (AvgIpc) is 2.56. The van der Waals surface area contributed by atoms with Crippen LogP contribution in [0.25, 0.3) is 0 Å². The van der Waals surface area contributed by atoms with Gasteiger partial charge in [0.15, 0.2) is 5.78 Å². The number of aryl methyl sites for hydroxylation is 4. The van der Waals surface area contributed by atoms with E-state index in [1.54, 1.807) is 0 Å². The Morgan fingerprint density at radius 1 is 1.21 bits per heavy atom. The first-order valence-electron chi connectivity index (χ1n) is 6.49. The summed E-state index contributed by atoms with van der Waals surface area (Å²) in [5, 5.41) is 4.36. The van der Waals surface area contributed by atoms with Crippen LogP contribution in [0.4, 0.5) is 0 Å². The Bertz CT molecular complexity index is 638. The van der Waals surface area contributed by atoms with E-state index in [1.165, 1.54) is 5.56 Å². The van der Waals surface area contributed by atoms with Gasteiger partial charge in [0.05, 0.1) is 5.69 Å². The third-order valence-electron chi connectivity index (χ3n) is 3.68. The Morgan fingerprint density at radius 3 is 2.42 bits per heavy atom. The van der Waals surface area contributed by atoms with Gasteiger partial charge in [-0.05, 0) is 33.3 Å². The second-order valence-electron chi connectivity index (χ2n) is 5.19. The van der Waals surface area contributed by atoms with E-state index >= 15 is 0 Å². The maximum Gasteiger partial charge on any atom is 0.167 e. The second-order valence-corrected chi connectivity index (χ2v) is 5.19. The van der Waals surface area contributed by atoms with Gasteiger partial charge in [0.25, 0.3) is 0 Å². The van der Waals surface area contributed by atoms with Crippen molar-refractivity contribution in [3.8, 4) is 0 Å². The van der Waals surface area contributed by atoms with Gasteiger partial charge in [0.2, 0.25) is 0 Å². The van der Waals surface area contributed by atoms with Crippen LogP contribution in [0, 0.1) is 27.7 Å².